The zero-order chi connectivity index (χ0) is 15.9. The van der Waals surface area contributed by atoms with Crippen LogP contribution in [0.4, 0.5) is 5.69 Å². The van der Waals surface area contributed by atoms with Crippen molar-refractivity contribution in [2.24, 2.45) is 5.92 Å². The lowest BCUT2D eigenvalue weighted by atomic mass is 10.1. The van der Waals surface area contributed by atoms with Gasteiger partial charge in [-0.15, -0.1) is 0 Å². The SMILES string of the molecule is CC(C)COc1ccc(C(C)Nc2cnn(CCO)c2)cc1. The molecule has 5 heteroatoms. The Hall–Kier alpha value is -2.01. The number of aromatic nitrogens is 2. The first kappa shape index (κ1) is 16.4. The Morgan fingerprint density at radius 2 is 1.95 bits per heavy atom. The lowest BCUT2D eigenvalue weighted by Gasteiger charge is -2.15. The first-order valence-corrected chi connectivity index (χ1v) is 7.71. The molecule has 0 aliphatic heterocycles. The van der Waals surface area contributed by atoms with Crippen molar-refractivity contribution in [3.8, 4) is 5.75 Å². The molecule has 2 rings (SSSR count). The van der Waals surface area contributed by atoms with Gasteiger partial charge in [-0.3, -0.25) is 4.68 Å². The molecule has 0 saturated carbocycles. The van der Waals surface area contributed by atoms with Gasteiger partial charge in [-0.1, -0.05) is 26.0 Å². The number of aliphatic hydroxyl groups excluding tert-OH is 1. The molecule has 0 fully saturated rings. The first-order chi connectivity index (χ1) is 10.6. The third-order valence-corrected chi connectivity index (χ3v) is 3.31. The molecule has 1 unspecified atom stereocenters. The maximum absolute atomic E-state index is 8.90. The van der Waals surface area contributed by atoms with Crippen molar-refractivity contribution in [2.75, 3.05) is 18.5 Å². The fourth-order valence-corrected chi connectivity index (χ4v) is 2.11. The van der Waals surface area contributed by atoms with Crippen molar-refractivity contribution in [3.05, 3.63) is 42.2 Å². The molecule has 1 aromatic carbocycles. The third kappa shape index (κ3) is 4.77. The molecule has 120 valence electrons. The minimum atomic E-state index is 0.0918. The van der Waals surface area contributed by atoms with E-state index in [1.54, 1.807) is 10.9 Å². The van der Waals surface area contributed by atoms with E-state index in [2.05, 4.69) is 43.3 Å². The monoisotopic (exact) mass is 303 g/mol. The second-order valence-corrected chi connectivity index (χ2v) is 5.86. The van der Waals surface area contributed by atoms with Gasteiger partial charge in [0, 0.05) is 12.2 Å². The summed E-state index contributed by atoms with van der Waals surface area (Å²) in [5.41, 5.74) is 2.13. The van der Waals surface area contributed by atoms with Crippen molar-refractivity contribution >= 4 is 5.69 Å². The van der Waals surface area contributed by atoms with Gasteiger partial charge in [0.15, 0.2) is 0 Å². The largest absolute Gasteiger partial charge is 0.493 e. The molecule has 0 aliphatic rings. The van der Waals surface area contributed by atoms with Crippen LogP contribution >= 0.6 is 0 Å². The molecule has 0 amide bonds. The molecule has 1 heterocycles. The number of rotatable bonds is 8. The molecule has 0 aliphatic carbocycles. The van der Waals surface area contributed by atoms with Crippen LogP contribution in [0.5, 0.6) is 5.75 Å². The minimum Gasteiger partial charge on any atom is -0.493 e. The molecule has 2 aromatic rings. The summed E-state index contributed by atoms with van der Waals surface area (Å²) in [4.78, 5) is 0. The van der Waals surface area contributed by atoms with Gasteiger partial charge in [-0.25, -0.2) is 0 Å². The Kier molecular flexibility index (Phi) is 5.83. The average Bonchev–Trinajstić information content (AvgIpc) is 2.93. The first-order valence-electron chi connectivity index (χ1n) is 7.71. The van der Waals surface area contributed by atoms with Crippen molar-refractivity contribution in [2.45, 2.75) is 33.4 Å². The highest BCUT2D eigenvalue weighted by atomic mass is 16.5. The highest BCUT2D eigenvalue weighted by Gasteiger charge is 2.07. The molecule has 1 aromatic heterocycles. The Bertz CT molecular complexity index is 564. The predicted octanol–water partition coefficient (Wildman–Crippen LogP) is 3.08. The lowest BCUT2D eigenvalue weighted by Crippen LogP contribution is -2.07. The molecule has 2 N–H and O–H groups in total. The fraction of sp³-hybridized carbons (Fsp3) is 0.471. The van der Waals surface area contributed by atoms with E-state index in [1.165, 1.54) is 5.56 Å². The van der Waals surface area contributed by atoms with Crippen LogP contribution < -0.4 is 10.1 Å². The average molecular weight is 303 g/mol. The van der Waals surface area contributed by atoms with Gasteiger partial charge in [-0.05, 0) is 30.5 Å². The zero-order valence-corrected chi connectivity index (χ0v) is 13.5. The molecule has 0 bridgehead atoms. The maximum Gasteiger partial charge on any atom is 0.119 e. The molecule has 0 spiro atoms. The van der Waals surface area contributed by atoms with E-state index in [-0.39, 0.29) is 12.6 Å². The highest BCUT2D eigenvalue weighted by molar-refractivity contribution is 5.42. The number of anilines is 1. The van der Waals surface area contributed by atoms with E-state index in [0.29, 0.717) is 12.5 Å². The van der Waals surface area contributed by atoms with Crippen LogP contribution in [-0.4, -0.2) is 28.1 Å². The van der Waals surface area contributed by atoms with E-state index in [0.717, 1.165) is 18.0 Å². The Balaban J connectivity index is 1.92. The summed E-state index contributed by atoms with van der Waals surface area (Å²) >= 11 is 0. The van der Waals surface area contributed by atoms with Gasteiger partial charge in [-0.2, -0.15) is 5.10 Å². The van der Waals surface area contributed by atoms with Gasteiger partial charge in [0.1, 0.15) is 5.75 Å². The summed E-state index contributed by atoms with van der Waals surface area (Å²) in [7, 11) is 0. The number of nitrogens with zero attached hydrogens (tertiary/aromatic N) is 2. The van der Waals surface area contributed by atoms with Crippen molar-refractivity contribution in [1.82, 2.24) is 9.78 Å². The molecular formula is C17H25N3O2. The van der Waals surface area contributed by atoms with Crippen molar-refractivity contribution < 1.29 is 9.84 Å². The standard InChI is InChI=1S/C17H25N3O2/c1-13(2)12-22-17-6-4-15(5-7-17)14(3)19-16-10-18-20(11-16)8-9-21/h4-7,10-11,13-14,19,21H,8-9,12H2,1-3H3. The molecule has 22 heavy (non-hydrogen) atoms. The van der Waals surface area contributed by atoms with Gasteiger partial charge >= 0.3 is 0 Å². The number of nitrogens with one attached hydrogen (secondary N) is 1. The molecule has 1 atom stereocenters. The van der Waals surface area contributed by atoms with Gasteiger partial charge in [0.25, 0.3) is 0 Å². The Morgan fingerprint density at radius 1 is 1.23 bits per heavy atom. The third-order valence-electron chi connectivity index (χ3n) is 3.31. The molecular weight excluding hydrogens is 278 g/mol. The van der Waals surface area contributed by atoms with Gasteiger partial charge in [0.05, 0.1) is 31.6 Å². The fourth-order valence-electron chi connectivity index (χ4n) is 2.11. The van der Waals surface area contributed by atoms with Crippen LogP contribution in [0.3, 0.4) is 0 Å². The topological polar surface area (TPSA) is 59.3 Å². The van der Waals surface area contributed by atoms with Gasteiger partial charge in [0.2, 0.25) is 0 Å². The molecule has 0 saturated heterocycles. The van der Waals surface area contributed by atoms with Crippen molar-refractivity contribution in [1.29, 1.82) is 0 Å². The molecule has 5 nitrogen and oxygen atoms in total. The number of benzene rings is 1. The quantitative estimate of drug-likeness (QED) is 0.787. The normalized spacial score (nSPS) is 12.4. The Labute approximate surface area is 131 Å². The number of hydrogen-bond acceptors (Lipinski definition) is 4. The van der Waals surface area contributed by atoms with Crippen LogP contribution in [0.1, 0.15) is 32.4 Å². The van der Waals surface area contributed by atoms with E-state index in [1.807, 2.05) is 18.3 Å². The smallest absolute Gasteiger partial charge is 0.119 e. The van der Waals surface area contributed by atoms with E-state index < -0.39 is 0 Å². The number of hydrogen-bond donors (Lipinski definition) is 2. The van der Waals surface area contributed by atoms with E-state index in [9.17, 15) is 0 Å². The summed E-state index contributed by atoms with van der Waals surface area (Å²) < 4.78 is 7.41. The van der Waals surface area contributed by atoms with E-state index in [4.69, 9.17) is 9.84 Å². The summed E-state index contributed by atoms with van der Waals surface area (Å²) in [5.74, 6) is 1.43. The van der Waals surface area contributed by atoms with Crippen LogP contribution in [0.2, 0.25) is 0 Å². The van der Waals surface area contributed by atoms with Crippen LogP contribution in [0.15, 0.2) is 36.7 Å². The summed E-state index contributed by atoms with van der Waals surface area (Å²) in [6, 6.07) is 8.33. The van der Waals surface area contributed by atoms with Crippen LogP contribution in [0, 0.1) is 5.92 Å². The predicted molar refractivity (Wildman–Crippen MR) is 88.1 cm³/mol. The summed E-state index contributed by atoms with van der Waals surface area (Å²) in [6.45, 7) is 7.71. The number of ether oxygens (including phenoxy) is 1. The Morgan fingerprint density at radius 3 is 2.59 bits per heavy atom. The maximum atomic E-state index is 8.90. The molecule has 0 radical (unpaired) electrons. The van der Waals surface area contributed by atoms with Crippen LogP contribution in [0.25, 0.3) is 0 Å². The summed E-state index contributed by atoms with van der Waals surface area (Å²) in [5, 5.41) is 16.5. The number of aliphatic hydroxyl groups is 1. The zero-order valence-electron chi connectivity index (χ0n) is 13.5. The summed E-state index contributed by atoms with van der Waals surface area (Å²) in [6.07, 6.45) is 3.67. The van der Waals surface area contributed by atoms with E-state index >= 15 is 0 Å². The lowest BCUT2D eigenvalue weighted by molar-refractivity contribution is 0.269. The van der Waals surface area contributed by atoms with Crippen LogP contribution in [-0.2, 0) is 6.54 Å². The van der Waals surface area contributed by atoms with Crippen molar-refractivity contribution in [3.63, 3.8) is 0 Å². The second kappa shape index (κ2) is 7.84. The second-order valence-electron chi connectivity index (χ2n) is 5.86. The highest BCUT2D eigenvalue weighted by Crippen LogP contribution is 2.21. The minimum absolute atomic E-state index is 0.0918. The van der Waals surface area contributed by atoms with Gasteiger partial charge < -0.3 is 15.2 Å².